The average Bonchev–Trinajstić information content (AvgIpc) is 3.67. The summed E-state index contributed by atoms with van der Waals surface area (Å²) in [7, 11) is 0. The summed E-state index contributed by atoms with van der Waals surface area (Å²) in [4.78, 5) is 16.0. The molecule has 0 radical (unpaired) electrons. The van der Waals surface area contributed by atoms with E-state index in [1.165, 1.54) is 43.5 Å². The molecule has 0 amide bonds. The largest absolute Gasteiger partial charge is 0.309 e. The van der Waals surface area contributed by atoms with Gasteiger partial charge in [0.25, 0.3) is 0 Å². The monoisotopic (exact) mass is 776 g/mol. The van der Waals surface area contributed by atoms with E-state index in [1.54, 1.807) is 0 Å². The smallest absolute Gasteiger partial charge is 0.165 e. The molecule has 0 saturated heterocycles. The Morgan fingerprint density at radius 3 is 1.64 bits per heavy atom. The number of para-hydroxylation sites is 2. The van der Waals surface area contributed by atoms with Gasteiger partial charge in [-0.25, -0.2) is 15.0 Å². The summed E-state index contributed by atoms with van der Waals surface area (Å²) >= 11 is 0. The Hall–Kier alpha value is -8.21. The van der Waals surface area contributed by atoms with Crippen molar-refractivity contribution in [3.63, 3.8) is 0 Å². The van der Waals surface area contributed by atoms with Crippen molar-refractivity contribution < 1.29 is 0 Å². The maximum absolute atomic E-state index is 5.38. The third-order valence-corrected chi connectivity index (χ3v) is 12.0. The maximum atomic E-state index is 5.38. The molecule has 4 nitrogen and oxygen atoms in total. The fourth-order valence-corrected chi connectivity index (χ4v) is 9.09. The molecule has 0 N–H and O–H groups in total. The Bertz CT molecular complexity index is 3630. The molecule has 2 heterocycles. The lowest BCUT2D eigenvalue weighted by Crippen LogP contribution is -2.01. The highest BCUT2D eigenvalue weighted by atomic mass is 15.0. The number of nitrogens with zero attached hydrogens (tertiary/aromatic N) is 4. The van der Waals surface area contributed by atoms with Gasteiger partial charge in [-0.2, -0.15) is 0 Å². The van der Waals surface area contributed by atoms with E-state index in [1.807, 2.05) is 6.07 Å². The third-order valence-electron chi connectivity index (χ3n) is 12.0. The maximum Gasteiger partial charge on any atom is 0.165 e. The van der Waals surface area contributed by atoms with Gasteiger partial charge in [-0.1, -0.05) is 176 Å². The van der Waals surface area contributed by atoms with Gasteiger partial charge in [-0.15, -0.1) is 0 Å². The van der Waals surface area contributed by atoms with Crippen molar-refractivity contribution in [2.75, 3.05) is 0 Å². The number of aromatic nitrogens is 4. The molecule has 0 aliphatic carbocycles. The van der Waals surface area contributed by atoms with Gasteiger partial charge in [0.05, 0.1) is 11.0 Å². The molecule has 0 atom stereocenters. The van der Waals surface area contributed by atoms with Gasteiger partial charge in [-0.3, -0.25) is 0 Å². The van der Waals surface area contributed by atoms with Crippen LogP contribution in [0.3, 0.4) is 0 Å². The van der Waals surface area contributed by atoms with Crippen molar-refractivity contribution in [2.45, 2.75) is 0 Å². The van der Waals surface area contributed by atoms with Crippen LogP contribution in [0, 0.1) is 0 Å². The van der Waals surface area contributed by atoms with Crippen LogP contribution in [0.4, 0.5) is 0 Å². The van der Waals surface area contributed by atoms with E-state index in [0.29, 0.717) is 17.5 Å². The first-order valence-corrected chi connectivity index (χ1v) is 20.7. The zero-order chi connectivity index (χ0) is 40.3. The second kappa shape index (κ2) is 14.3. The van der Waals surface area contributed by atoms with Crippen LogP contribution in [0.25, 0.3) is 116 Å². The fraction of sp³-hybridized carbons (Fsp3) is 0. The summed E-state index contributed by atoms with van der Waals surface area (Å²) in [6.45, 7) is 0. The normalized spacial score (nSPS) is 11.6. The summed E-state index contributed by atoms with van der Waals surface area (Å²) in [5.74, 6) is 1.89. The van der Waals surface area contributed by atoms with Crippen LogP contribution in [0.1, 0.15) is 0 Å². The minimum absolute atomic E-state index is 0.623. The molecule has 284 valence electrons. The molecule has 10 aromatic carbocycles. The number of hydrogen-bond donors (Lipinski definition) is 0. The first-order chi connectivity index (χ1) is 30.2. The molecular weight excluding hydrogens is 741 g/mol. The van der Waals surface area contributed by atoms with Gasteiger partial charge < -0.3 is 4.57 Å². The van der Waals surface area contributed by atoms with Crippen molar-refractivity contribution in [3.8, 4) is 62.1 Å². The van der Waals surface area contributed by atoms with Crippen LogP contribution in [-0.4, -0.2) is 19.5 Å². The average molecular weight is 777 g/mol. The van der Waals surface area contributed by atoms with Gasteiger partial charge in [0, 0.05) is 33.2 Å². The van der Waals surface area contributed by atoms with Gasteiger partial charge in [0.2, 0.25) is 0 Å². The van der Waals surface area contributed by atoms with Gasteiger partial charge in [0.1, 0.15) is 0 Å². The number of benzene rings is 10. The lowest BCUT2D eigenvalue weighted by Gasteiger charge is -2.15. The SMILES string of the molecule is c1ccc(-c2ccc(-c3nc(-c4cccc(-c5ccc6c(c5)c5ccccc5n6-c5ccccc5)c4)nc(-c4c5ccccc5cc5c4ccc4ccccc45)n3)cc2)cc1. The van der Waals surface area contributed by atoms with Crippen molar-refractivity contribution in [2.24, 2.45) is 0 Å². The lowest BCUT2D eigenvalue weighted by molar-refractivity contribution is 1.08. The summed E-state index contributed by atoms with van der Waals surface area (Å²) in [5, 5.41) is 9.36. The van der Waals surface area contributed by atoms with Gasteiger partial charge >= 0.3 is 0 Å². The summed E-state index contributed by atoms with van der Waals surface area (Å²) < 4.78 is 2.35. The molecule has 61 heavy (non-hydrogen) atoms. The first-order valence-electron chi connectivity index (χ1n) is 20.7. The topological polar surface area (TPSA) is 43.6 Å². The molecule has 4 heteroatoms. The molecule has 0 spiro atoms. The third kappa shape index (κ3) is 5.96. The molecule has 0 saturated carbocycles. The highest BCUT2D eigenvalue weighted by Gasteiger charge is 2.19. The lowest BCUT2D eigenvalue weighted by atomic mass is 9.93. The molecular formula is C57H36N4. The number of rotatable bonds is 6. The van der Waals surface area contributed by atoms with Crippen LogP contribution in [0.15, 0.2) is 218 Å². The van der Waals surface area contributed by atoms with Crippen molar-refractivity contribution in [1.82, 2.24) is 19.5 Å². The molecule has 0 unspecified atom stereocenters. The fourth-order valence-electron chi connectivity index (χ4n) is 9.09. The second-order valence-corrected chi connectivity index (χ2v) is 15.6. The molecule has 0 aliphatic rings. The van der Waals surface area contributed by atoms with E-state index in [-0.39, 0.29) is 0 Å². The quantitative estimate of drug-likeness (QED) is 0.125. The second-order valence-electron chi connectivity index (χ2n) is 15.6. The molecule has 12 aromatic rings. The molecule has 0 aliphatic heterocycles. The van der Waals surface area contributed by atoms with Crippen LogP contribution in [0.5, 0.6) is 0 Å². The predicted molar refractivity (Wildman–Crippen MR) is 254 cm³/mol. The van der Waals surface area contributed by atoms with Crippen molar-refractivity contribution in [1.29, 1.82) is 0 Å². The standard InChI is InChI=1S/C57H36N4/c1-3-14-37(15-4-1)38-26-28-40(29-27-38)55-58-56(60-57(59-55)54-47-23-10-8-17-43(47)36-50-46-22-9-7-16-39(46)30-32-49(50)54)44-19-13-18-41(34-44)42-31-33-53-51(35-42)48-24-11-12-25-52(48)61(53)45-20-5-2-6-21-45/h1-36H. The summed E-state index contributed by atoms with van der Waals surface area (Å²) in [6.07, 6.45) is 0. The molecule has 2 aromatic heterocycles. The zero-order valence-electron chi connectivity index (χ0n) is 33.1. The van der Waals surface area contributed by atoms with E-state index in [0.717, 1.165) is 55.2 Å². The van der Waals surface area contributed by atoms with E-state index in [2.05, 4.69) is 217 Å². The Morgan fingerprint density at radius 2 is 0.820 bits per heavy atom. The molecule has 0 fully saturated rings. The van der Waals surface area contributed by atoms with Crippen molar-refractivity contribution in [3.05, 3.63) is 218 Å². The number of fused-ring (bicyclic) bond motifs is 7. The zero-order valence-corrected chi connectivity index (χ0v) is 33.1. The van der Waals surface area contributed by atoms with Crippen LogP contribution < -0.4 is 0 Å². The van der Waals surface area contributed by atoms with E-state index in [4.69, 9.17) is 15.0 Å². The van der Waals surface area contributed by atoms with Crippen LogP contribution in [-0.2, 0) is 0 Å². The minimum atomic E-state index is 0.623. The Morgan fingerprint density at radius 1 is 0.262 bits per heavy atom. The first kappa shape index (κ1) is 34.8. The molecule has 12 rings (SSSR count). The Balaban J connectivity index is 1.05. The highest BCUT2D eigenvalue weighted by Crippen LogP contribution is 2.40. The predicted octanol–water partition coefficient (Wildman–Crippen LogP) is 14.8. The van der Waals surface area contributed by atoms with Crippen LogP contribution >= 0.6 is 0 Å². The van der Waals surface area contributed by atoms with Crippen LogP contribution in [0.2, 0.25) is 0 Å². The number of hydrogen-bond acceptors (Lipinski definition) is 3. The minimum Gasteiger partial charge on any atom is -0.309 e. The van der Waals surface area contributed by atoms with E-state index >= 15 is 0 Å². The van der Waals surface area contributed by atoms with E-state index in [9.17, 15) is 0 Å². The summed E-state index contributed by atoms with van der Waals surface area (Å²) in [5.41, 5.74) is 10.9. The summed E-state index contributed by atoms with van der Waals surface area (Å²) in [6, 6.07) is 77.6. The van der Waals surface area contributed by atoms with Gasteiger partial charge in [-0.05, 0) is 97.0 Å². The van der Waals surface area contributed by atoms with Gasteiger partial charge in [0.15, 0.2) is 17.5 Å². The highest BCUT2D eigenvalue weighted by molar-refractivity contribution is 6.19. The Kier molecular flexibility index (Phi) is 8.13. The Labute approximate surface area is 352 Å². The van der Waals surface area contributed by atoms with Crippen molar-refractivity contribution >= 4 is 54.1 Å². The molecule has 0 bridgehead atoms. The van der Waals surface area contributed by atoms with E-state index < -0.39 is 0 Å².